The first-order valence-electron chi connectivity index (χ1n) is 5.79. The third kappa shape index (κ3) is 5.34. The summed E-state index contributed by atoms with van der Waals surface area (Å²) in [6.45, 7) is 2.42. The summed E-state index contributed by atoms with van der Waals surface area (Å²) >= 11 is 0. The van der Waals surface area contributed by atoms with Gasteiger partial charge in [-0.25, -0.2) is 0 Å². The van der Waals surface area contributed by atoms with Crippen molar-refractivity contribution in [1.29, 1.82) is 0 Å². The van der Waals surface area contributed by atoms with Gasteiger partial charge < -0.3 is 15.1 Å². The van der Waals surface area contributed by atoms with Gasteiger partial charge in [0, 0.05) is 6.42 Å². The summed E-state index contributed by atoms with van der Waals surface area (Å²) in [5, 5.41) is 21.8. The molecule has 0 atom stereocenters. The molecule has 0 saturated heterocycles. The number of aliphatic carboxylic acids is 1. The number of hydrogen-bond acceptors (Lipinski definition) is 4. The molecular weight excluding hydrogens is 234 g/mol. The van der Waals surface area contributed by atoms with Crippen LogP contribution in [0.15, 0.2) is 29.4 Å². The summed E-state index contributed by atoms with van der Waals surface area (Å²) in [5.41, 5.74) is 1.34. The van der Waals surface area contributed by atoms with Crippen molar-refractivity contribution in [1.82, 2.24) is 0 Å². The van der Waals surface area contributed by atoms with Crippen LogP contribution in [0.5, 0.6) is 5.75 Å². The van der Waals surface area contributed by atoms with Crippen LogP contribution in [-0.2, 0) is 16.1 Å². The molecule has 0 radical (unpaired) electrons. The Morgan fingerprint density at radius 3 is 2.56 bits per heavy atom. The van der Waals surface area contributed by atoms with Gasteiger partial charge in [0.2, 0.25) is 0 Å². The van der Waals surface area contributed by atoms with Gasteiger partial charge in [0.25, 0.3) is 0 Å². The van der Waals surface area contributed by atoms with E-state index in [-0.39, 0.29) is 12.2 Å². The highest BCUT2D eigenvalue weighted by atomic mass is 16.6. The normalized spacial score (nSPS) is 11.3. The average Bonchev–Trinajstić information content (AvgIpc) is 2.31. The first-order valence-corrected chi connectivity index (χ1v) is 5.79. The van der Waals surface area contributed by atoms with Crippen molar-refractivity contribution in [2.45, 2.75) is 26.2 Å². The molecule has 0 heterocycles. The number of aromatic hydroxyl groups is 1. The minimum absolute atomic E-state index is 0.148. The van der Waals surface area contributed by atoms with Crippen LogP contribution in [0, 0.1) is 0 Å². The van der Waals surface area contributed by atoms with E-state index in [9.17, 15) is 4.79 Å². The number of oxime groups is 1. The van der Waals surface area contributed by atoms with Crippen LogP contribution >= 0.6 is 0 Å². The van der Waals surface area contributed by atoms with Crippen molar-refractivity contribution in [2.75, 3.05) is 6.61 Å². The molecule has 5 heteroatoms. The Hall–Kier alpha value is -2.04. The summed E-state index contributed by atoms with van der Waals surface area (Å²) in [4.78, 5) is 15.7. The van der Waals surface area contributed by atoms with Crippen molar-refractivity contribution in [2.24, 2.45) is 5.16 Å². The Morgan fingerprint density at radius 2 is 2.00 bits per heavy atom. The van der Waals surface area contributed by atoms with Crippen LogP contribution in [0.4, 0.5) is 0 Å². The monoisotopic (exact) mass is 251 g/mol. The Morgan fingerprint density at radius 1 is 1.33 bits per heavy atom. The quantitative estimate of drug-likeness (QED) is 0.442. The fourth-order valence-electron chi connectivity index (χ4n) is 1.38. The van der Waals surface area contributed by atoms with E-state index in [1.54, 1.807) is 24.3 Å². The smallest absolute Gasteiger partial charge is 0.309 e. The Labute approximate surface area is 106 Å². The fourth-order valence-corrected chi connectivity index (χ4v) is 1.38. The van der Waals surface area contributed by atoms with E-state index < -0.39 is 5.97 Å². The molecule has 0 saturated carbocycles. The topological polar surface area (TPSA) is 79.1 Å². The number of hydrogen-bond donors (Lipinski definition) is 2. The number of carbonyl (C=O) groups is 1. The molecule has 5 nitrogen and oxygen atoms in total. The minimum Gasteiger partial charge on any atom is -0.508 e. The number of phenols is 1. The van der Waals surface area contributed by atoms with Crippen molar-refractivity contribution in [3.8, 4) is 5.75 Å². The lowest BCUT2D eigenvalue weighted by molar-refractivity contribution is -0.135. The molecule has 0 amide bonds. The van der Waals surface area contributed by atoms with E-state index in [1.165, 1.54) is 0 Å². The second kappa shape index (κ2) is 7.32. The first kappa shape index (κ1) is 14.0. The molecule has 0 aromatic heterocycles. The highest BCUT2D eigenvalue weighted by molar-refractivity contribution is 5.99. The summed E-state index contributed by atoms with van der Waals surface area (Å²) in [6.07, 6.45) is 1.07. The van der Waals surface area contributed by atoms with Gasteiger partial charge in [-0.3, -0.25) is 4.79 Å². The molecule has 0 unspecified atom stereocenters. The predicted octanol–water partition coefficient (Wildman–Crippen LogP) is 2.19. The van der Waals surface area contributed by atoms with Crippen molar-refractivity contribution in [3.63, 3.8) is 0 Å². The molecule has 0 fully saturated rings. The van der Waals surface area contributed by atoms with E-state index >= 15 is 0 Å². The molecule has 2 N–H and O–H groups in total. The Kier molecular flexibility index (Phi) is 5.70. The van der Waals surface area contributed by atoms with Crippen molar-refractivity contribution >= 4 is 11.7 Å². The van der Waals surface area contributed by atoms with Gasteiger partial charge in [-0.2, -0.15) is 0 Å². The third-order valence-corrected chi connectivity index (χ3v) is 2.19. The zero-order valence-corrected chi connectivity index (χ0v) is 10.3. The lowest BCUT2D eigenvalue weighted by Crippen LogP contribution is -2.11. The van der Waals surface area contributed by atoms with Crippen LogP contribution in [0.25, 0.3) is 0 Å². The maximum absolute atomic E-state index is 10.7. The lowest BCUT2D eigenvalue weighted by atomic mass is 10.1. The van der Waals surface area contributed by atoms with Gasteiger partial charge in [-0.05, 0) is 24.1 Å². The molecule has 98 valence electrons. The van der Waals surface area contributed by atoms with Crippen LogP contribution in [-0.4, -0.2) is 28.5 Å². The maximum Gasteiger partial charge on any atom is 0.309 e. The van der Waals surface area contributed by atoms with Gasteiger partial charge in [-0.15, -0.1) is 0 Å². The van der Waals surface area contributed by atoms with E-state index in [4.69, 9.17) is 15.1 Å². The van der Waals surface area contributed by atoms with Gasteiger partial charge in [0.1, 0.15) is 12.4 Å². The minimum atomic E-state index is -0.937. The van der Waals surface area contributed by atoms with Gasteiger partial charge in [-0.1, -0.05) is 24.2 Å². The van der Waals surface area contributed by atoms with Gasteiger partial charge in [0.05, 0.1) is 12.1 Å². The summed E-state index contributed by atoms with van der Waals surface area (Å²) in [5.74, 6) is -0.759. The molecule has 0 bridgehead atoms. The lowest BCUT2D eigenvalue weighted by Gasteiger charge is -2.05. The Balaban J connectivity index is 2.68. The highest BCUT2D eigenvalue weighted by Gasteiger charge is 2.08. The number of rotatable bonds is 7. The number of phenolic OH excluding ortho intramolecular Hbond substituents is 1. The maximum atomic E-state index is 10.7. The largest absolute Gasteiger partial charge is 0.508 e. The summed E-state index contributed by atoms with van der Waals surface area (Å²) in [6, 6.07) is 6.57. The molecule has 18 heavy (non-hydrogen) atoms. The van der Waals surface area contributed by atoms with Crippen LogP contribution < -0.4 is 0 Å². The molecule has 0 aliphatic rings. The predicted molar refractivity (Wildman–Crippen MR) is 67.7 cm³/mol. The van der Waals surface area contributed by atoms with E-state index in [0.29, 0.717) is 18.7 Å². The molecule has 1 aromatic carbocycles. The molecular formula is C13H17NO4. The van der Waals surface area contributed by atoms with Crippen molar-refractivity contribution in [3.05, 3.63) is 29.8 Å². The van der Waals surface area contributed by atoms with Gasteiger partial charge >= 0.3 is 5.97 Å². The summed E-state index contributed by atoms with van der Waals surface area (Å²) < 4.78 is 0. The number of carboxylic acid groups (broad SMARTS) is 1. The number of carboxylic acids is 1. The molecule has 1 aromatic rings. The van der Waals surface area contributed by atoms with Gasteiger partial charge in [0.15, 0.2) is 0 Å². The molecule has 0 spiro atoms. The van der Waals surface area contributed by atoms with Crippen molar-refractivity contribution < 1.29 is 19.8 Å². The molecule has 1 rings (SSSR count). The zero-order valence-electron chi connectivity index (χ0n) is 10.3. The van der Waals surface area contributed by atoms with Crippen LogP contribution in [0.1, 0.15) is 25.3 Å². The SMILES string of the molecule is CCCO/N=C(/CC(=O)O)Cc1ccc(O)cc1. The van der Waals surface area contributed by atoms with E-state index in [1.807, 2.05) is 6.92 Å². The molecule has 0 aliphatic heterocycles. The fraction of sp³-hybridized carbons (Fsp3) is 0.385. The Bertz CT molecular complexity index is 412. The second-order valence-electron chi connectivity index (χ2n) is 3.90. The van der Waals surface area contributed by atoms with Crippen LogP contribution in [0.2, 0.25) is 0 Å². The molecule has 0 aliphatic carbocycles. The van der Waals surface area contributed by atoms with Crippen LogP contribution in [0.3, 0.4) is 0 Å². The summed E-state index contributed by atoms with van der Waals surface area (Å²) in [7, 11) is 0. The first-order chi connectivity index (χ1) is 8.61. The second-order valence-corrected chi connectivity index (χ2v) is 3.90. The standard InChI is InChI=1S/C13H17NO4/c1-2-7-18-14-11(9-13(16)17)8-10-3-5-12(15)6-4-10/h3-6,15H,2,7-9H2,1H3,(H,16,17)/b14-11+. The number of benzene rings is 1. The van der Waals surface area contributed by atoms with E-state index in [2.05, 4.69) is 5.16 Å². The average molecular weight is 251 g/mol. The third-order valence-electron chi connectivity index (χ3n) is 2.19. The highest BCUT2D eigenvalue weighted by Crippen LogP contribution is 2.11. The van der Waals surface area contributed by atoms with E-state index in [0.717, 1.165) is 12.0 Å². The number of nitrogens with zero attached hydrogens (tertiary/aromatic N) is 1. The zero-order chi connectivity index (χ0) is 13.4.